The van der Waals surface area contributed by atoms with Crippen LogP contribution in [0, 0.1) is 0 Å². The van der Waals surface area contributed by atoms with Gasteiger partial charge in [-0.25, -0.2) is 0 Å². The van der Waals surface area contributed by atoms with E-state index in [1.165, 1.54) is 43.2 Å². The van der Waals surface area contributed by atoms with Crippen molar-refractivity contribution >= 4 is 5.78 Å². The molecule has 24 heavy (non-hydrogen) atoms. The Balaban J connectivity index is 1.47. The number of nitrogens with zero attached hydrogens (tertiary/aromatic N) is 1. The van der Waals surface area contributed by atoms with E-state index in [0.717, 1.165) is 5.56 Å². The van der Waals surface area contributed by atoms with Crippen LogP contribution < -0.4 is 0 Å². The highest BCUT2D eigenvalue weighted by molar-refractivity contribution is 6.02. The van der Waals surface area contributed by atoms with Crippen molar-refractivity contribution in [3.05, 3.63) is 60.2 Å². The summed E-state index contributed by atoms with van der Waals surface area (Å²) < 4.78 is 0. The largest absolute Gasteiger partial charge is 0.292 e. The Morgan fingerprint density at radius 2 is 1.50 bits per heavy atom. The van der Waals surface area contributed by atoms with Crippen LogP contribution in [0.3, 0.4) is 0 Å². The first-order chi connectivity index (χ1) is 11.8. The first-order valence-corrected chi connectivity index (χ1v) is 9.23. The molecule has 2 aliphatic rings. The molecule has 1 heterocycles. The Kier molecular flexibility index (Phi) is 4.24. The summed E-state index contributed by atoms with van der Waals surface area (Å²) in [5.74, 6) is 0.299. The second kappa shape index (κ2) is 6.52. The van der Waals surface area contributed by atoms with E-state index < -0.39 is 0 Å². The molecule has 4 rings (SSSR count). The molecule has 0 spiro atoms. The Morgan fingerprint density at radius 3 is 2.17 bits per heavy atom. The van der Waals surface area contributed by atoms with Crippen molar-refractivity contribution in [3.63, 3.8) is 0 Å². The predicted molar refractivity (Wildman–Crippen MR) is 98.2 cm³/mol. The van der Waals surface area contributed by atoms with Crippen molar-refractivity contribution in [1.82, 2.24) is 4.90 Å². The molecule has 1 saturated carbocycles. The highest BCUT2D eigenvalue weighted by atomic mass is 16.1. The van der Waals surface area contributed by atoms with Crippen LogP contribution in [0.15, 0.2) is 54.6 Å². The zero-order chi connectivity index (χ0) is 16.5. The molecule has 2 nitrogen and oxygen atoms in total. The number of rotatable bonds is 4. The summed E-state index contributed by atoms with van der Waals surface area (Å²) in [4.78, 5) is 15.3. The van der Waals surface area contributed by atoms with Gasteiger partial charge in [-0.05, 0) is 30.9 Å². The van der Waals surface area contributed by atoms with Crippen molar-refractivity contribution in [3.8, 4) is 11.1 Å². The summed E-state index contributed by atoms with van der Waals surface area (Å²) in [6.07, 6.45) is 6.53. The van der Waals surface area contributed by atoms with E-state index in [4.69, 9.17) is 0 Å². The third kappa shape index (κ3) is 2.91. The Bertz CT molecular complexity index is 701. The van der Waals surface area contributed by atoms with Gasteiger partial charge in [-0.3, -0.25) is 9.69 Å². The van der Waals surface area contributed by atoms with Crippen molar-refractivity contribution in [2.45, 2.75) is 57.2 Å². The number of carbonyl (C=O) groups is 1. The van der Waals surface area contributed by atoms with Crippen LogP contribution in [-0.4, -0.2) is 28.8 Å². The quantitative estimate of drug-likeness (QED) is 0.587. The summed E-state index contributed by atoms with van der Waals surface area (Å²) in [5, 5.41) is 0. The van der Waals surface area contributed by atoms with Crippen LogP contribution in [0.2, 0.25) is 0 Å². The zero-order valence-corrected chi connectivity index (χ0v) is 14.3. The molecule has 1 saturated heterocycles. The molecule has 124 valence electrons. The molecule has 2 aromatic rings. The van der Waals surface area contributed by atoms with E-state index in [2.05, 4.69) is 36.1 Å². The fraction of sp³-hybridized carbons (Fsp3) is 0.409. The monoisotopic (exact) mass is 319 g/mol. The highest BCUT2D eigenvalue weighted by Crippen LogP contribution is 2.38. The minimum atomic E-state index is 0.107. The number of ketones is 1. The fourth-order valence-corrected chi connectivity index (χ4v) is 4.29. The third-order valence-electron chi connectivity index (χ3n) is 5.70. The first-order valence-electron chi connectivity index (χ1n) is 9.23. The molecule has 3 atom stereocenters. The average Bonchev–Trinajstić information content (AvgIpc) is 3.33. The normalized spacial score (nSPS) is 27.0. The number of hydrogen-bond donors (Lipinski definition) is 0. The molecule has 1 aliphatic carbocycles. The van der Waals surface area contributed by atoms with Gasteiger partial charge in [0.15, 0.2) is 5.78 Å². The lowest BCUT2D eigenvalue weighted by atomic mass is 9.95. The second-order valence-corrected chi connectivity index (χ2v) is 7.23. The number of hydrogen-bond acceptors (Lipinski definition) is 2. The van der Waals surface area contributed by atoms with Gasteiger partial charge in [-0.15, -0.1) is 0 Å². The molecule has 0 radical (unpaired) electrons. The highest BCUT2D eigenvalue weighted by Gasteiger charge is 2.52. The van der Waals surface area contributed by atoms with Crippen molar-refractivity contribution in [1.29, 1.82) is 0 Å². The maximum absolute atomic E-state index is 12.9. The van der Waals surface area contributed by atoms with Gasteiger partial charge in [0, 0.05) is 17.6 Å². The van der Waals surface area contributed by atoms with Gasteiger partial charge in [-0.2, -0.15) is 0 Å². The molecule has 0 aromatic heterocycles. The summed E-state index contributed by atoms with van der Waals surface area (Å²) in [6.45, 7) is 2.20. The van der Waals surface area contributed by atoms with E-state index >= 15 is 0 Å². The minimum absolute atomic E-state index is 0.107. The van der Waals surface area contributed by atoms with E-state index in [0.29, 0.717) is 17.9 Å². The third-order valence-corrected chi connectivity index (χ3v) is 5.70. The predicted octanol–water partition coefficient (Wildman–Crippen LogP) is 4.94. The van der Waals surface area contributed by atoms with Crippen LogP contribution >= 0.6 is 0 Å². The summed E-state index contributed by atoms with van der Waals surface area (Å²) in [6, 6.07) is 19.6. The van der Waals surface area contributed by atoms with E-state index in [1.54, 1.807) is 0 Å². The maximum Gasteiger partial charge on any atom is 0.181 e. The van der Waals surface area contributed by atoms with E-state index in [1.807, 2.05) is 30.3 Å². The molecule has 2 fully saturated rings. The van der Waals surface area contributed by atoms with Gasteiger partial charge >= 0.3 is 0 Å². The molecular formula is C22H25NO. The molecule has 1 aliphatic heterocycles. The van der Waals surface area contributed by atoms with Gasteiger partial charge < -0.3 is 0 Å². The topological polar surface area (TPSA) is 20.1 Å². The molecule has 2 aromatic carbocycles. The maximum atomic E-state index is 12.9. The van der Waals surface area contributed by atoms with Crippen molar-refractivity contribution in [2.24, 2.45) is 0 Å². The summed E-state index contributed by atoms with van der Waals surface area (Å²) in [5.41, 5.74) is 3.21. The Morgan fingerprint density at radius 1 is 0.875 bits per heavy atom. The molecule has 2 heteroatoms. The van der Waals surface area contributed by atoms with Crippen LogP contribution in [-0.2, 0) is 0 Å². The second-order valence-electron chi connectivity index (χ2n) is 7.23. The Hall–Kier alpha value is -1.93. The van der Waals surface area contributed by atoms with Gasteiger partial charge in [0.1, 0.15) is 0 Å². The lowest BCUT2D eigenvalue weighted by Gasteiger charge is -2.23. The number of benzene rings is 2. The number of carbonyl (C=O) groups excluding carboxylic acids is 1. The lowest BCUT2D eigenvalue weighted by Crippen LogP contribution is -2.26. The smallest absolute Gasteiger partial charge is 0.181 e. The Labute approximate surface area is 144 Å². The van der Waals surface area contributed by atoms with Crippen molar-refractivity contribution < 1.29 is 4.79 Å². The first kappa shape index (κ1) is 15.6. The molecule has 0 amide bonds. The minimum Gasteiger partial charge on any atom is -0.292 e. The molecule has 1 unspecified atom stereocenters. The van der Waals surface area contributed by atoms with Crippen molar-refractivity contribution in [2.75, 3.05) is 0 Å². The SMILES string of the molecule is C[C@@H]1[C@H](C(=O)c2ccc(-c3ccccc3)cc2)N1C1CCCCC1. The van der Waals surface area contributed by atoms with Crippen LogP contribution in [0.25, 0.3) is 11.1 Å². The zero-order valence-electron chi connectivity index (χ0n) is 14.3. The average molecular weight is 319 g/mol. The van der Waals surface area contributed by atoms with E-state index in [9.17, 15) is 4.79 Å². The van der Waals surface area contributed by atoms with Gasteiger partial charge in [-0.1, -0.05) is 73.9 Å². The van der Waals surface area contributed by atoms with Crippen LogP contribution in [0.1, 0.15) is 49.4 Å². The molecule has 0 N–H and O–H groups in total. The van der Waals surface area contributed by atoms with Crippen LogP contribution in [0.5, 0.6) is 0 Å². The summed E-state index contributed by atoms with van der Waals surface area (Å²) >= 11 is 0. The van der Waals surface area contributed by atoms with Gasteiger partial charge in [0.05, 0.1) is 6.04 Å². The van der Waals surface area contributed by atoms with Gasteiger partial charge in [0.2, 0.25) is 0 Å². The lowest BCUT2D eigenvalue weighted by molar-refractivity contribution is 0.0963. The standard InChI is InChI=1S/C22H25NO/c1-16-21(23(16)20-10-6-3-7-11-20)22(24)19-14-12-18(13-15-19)17-8-4-2-5-9-17/h2,4-5,8-9,12-16,20-21H,3,6-7,10-11H2,1H3/t16-,21-,23?/m1/s1. The van der Waals surface area contributed by atoms with Crippen LogP contribution in [0.4, 0.5) is 0 Å². The number of Topliss-reactive ketones (excluding diaryl/α,β-unsaturated/α-hetero) is 1. The molecule has 0 bridgehead atoms. The molecular weight excluding hydrogens is 294 g/mol. The van der Waals surface area contributed by atoms with E-state index in [-0.39, 0.29) is 6.04 Å². The van der Waals surface area contributed by atoms with Gasteiger partial charge in [0.25, 0.3) is 0 Å². The fourth-order valence-electron chi connectivity index (χ4n) is 4.29. The summed E-state index contributed by atoms with van der Waals surface area (Å²) in [7, 11) is 0.